The lowest BCUT2D eigenvalue weighted by Crippen LogP contribution is -2.24. The average molecular weight is 215 g/mol. The Morgan fingerprint density at radius 3 is 2.50 bits per heavy atom. The van der Waals surface area contributed by atoms with Gasteiger partial charge in [0.05, 0.1) is 18.9 Å². The smallest absolute Gasteiger partial charge is 0.145 e. The maximum Gasteiger partial charge on any atom is 0.145 e. The molecule has 4 nitrogen and oxygen atoms in total. The van der Waals surface area contributed by atoms with Gasteiger partial charge in [-0.25, -0.2) is 0 Å². The first-order valence-electron chi connectivity index (χ1n) is 5.32. The lowest BCUT2D eigenvalue weighted by molar-refractivity contribution is 0.00843. The monoisotopic (exact) mass is 215 g/mol. The van der Waals surface area contributed by atoms with Crippen molar-refractivity contribution in [2.75, 3.05) is 18.9 Å². The number of nitrogens with zero attached hydrogens (tertiary/aromatic N) is 1. The first-order chi connectivity index (χ1) is 7.83. The molecule has 3 N–H and O–H groups in total. The normalized spacial score (nSPS) is 16.0. The van der Waals surface area contributed by atoms with Crippen molar-refractivity contribution in [2.45, 2.75) is 5.92 Å². The molecule has 0 amide bonds. The number of benzene rings is 1. The molecule has 1 aromatic heterocycles. The molecule has 0 radical (unpaired) electrons. The minimum Gasteiger partial charge on any atom is -0.382 e. The summed E-state index contributed by atoms with van der Waals surface area (Å²) in [6.45, 7) is 1.69. The number of aromatic nitrogens is 2. The molecule has 0 atom stereocenters. The predicted octanol–water partition coefficient (Wildman–Crippen LogP) is 1.77. The molecule has 0 saturated carbocycles. The molecule has 0 aliphatic carbocycles. The Bertz CT molecular complexity index is 485. The fourth-order valence-electron chi connectivity index (χ4n) is 1.85. The van der Waals surface area contributed by atoms with Crippen LogP contribution in [-0.4, -0.2) is 23.4 Å². The van der Waals surface area contributed by atoms with Crippen molar-refractivity contribution >= 4 is 5.82 Å². The molecule has 1 saturated heterocycles. The minimum absolute atomic E-state index is 0.520. The molecule has 0 unspecified atom stereocenters. The van der Waals surface area contributed by atoms with Crippen molar-refractivity contribution in [3.05, 3.63) is 35.9 Å². The fourth-order valence-corrected chi connectivity index (χ4v) is 1.85. The van der Waals surface area contributed by atoms with Crippen LogP contribution in [0.25, 0.3) is 11.3 Å². The van der Waals surface area contributed by atoms with Crippen molar-refractivity contribution in [3.63, 3.8) is 0 Å². The fraction of sp³-hybridized carbons (Fsp3) is 0.250. The van der Waals surface area contributed by atoms with Gasteiger partial charge in [0, 0.05) is 12.0 Å². The second-order valence-corrected chi connectivity index (χ2v) is 4.06. The van der Waals surface area contributed by atoms with Crippen LogP contribution in [0.1, 0.15) is 11.5 Å². The predicted molar refractivity (Wildman–Crippen MR) is 62.0 cm³/mol. The van der Waals surface area contributed by atoms with Gasteiger partial charge in [0.25, 0.3) is 0 Å². The van der Waals surface area contributed by atoms with Crippen LogP contribution in [0.15, 0.2) is 30.3 Å². The molecule has 1 aliphatic heterocycles. The Morgan fingerprint density at radius 2 is 2.00 bits per heavy atom. The summed E-state index contributed by atoms with van der Waals surface area (Å²) in [4.78, 5) is 0. The molecule has 3 rings (SSSR count). The van der Waals surface area contributed by atoms with E-state index in [2.05, 4.69) is 34.5 Å². The Kier molecular flexibility index (Phi) is 2.15. The molecule has 2 heterocycles. The number of rotatable bonds is 2. The molecule has 0 bridgehead atoms. The van der Waals surface area contributed by atoms with Crippen LogP contribution in [0.5, 0.6) is 0 Å². The van der Waals surface area contributed by atoms with Crippen LogP contribution < -0.4 is 5.73 Å². The molecule has 4 heteroatoms. The summed E-state index contributed by atoms with van der Waals surface area (Å²) >= 11 is 0. The van der Waals surface area contributed by atoms with E-state index in [0.29, 0.717) is 11.7 Å². The van der Waals surface area contributed by atoms with E-state index in [0.717, 1.165) is 24.5 Å². The summed E-state index contributed by atoms with van der Waals surface area (Å²) in [5.74, 6) is 1.09. The summed E-state index contributed by atoms with van der Waals surface area (Å²) in [5.41, 5.74) is 8.96. The number of nitrogen functional groups attached to an aromatic ring is 1. The van der Waals surface area contributed by atoms with Crippen LogP contribution in [0.4, 0.5) is 5.82 Å². The number of nitrogens with two attached hydrogens (primary N) is 1. The second kappa shape index (κ2) is 3.64. The average Bonchev–Trinajstić information content (AvgIpc) is 2.63. The van der Waals surface area contributed by atoms with E-state index in [-0.39, 0.29) is 0 Å². The van der Waals surface area contributed by atoms with Gasteiger partial charge < -0.3 is 10.5 Å². The Labute approximate surface area is 93.4 Å². The number of nitrogens with one attached hydrogen (secondary N) is 1. The zero-order chi connectivity index (χ0) is 11.0. The van der Waals surface area contributed by atoms with Crippen LogP contribution in [-0.2, 0) is 4.74 Å². The number of aromatic amines is 1. The Hall–Kier alpha value is -1.81. The Morgan fingerprint density at radius 1 is 1.25 bits per heavy atom. The number of H-pyrrole nitrogens is 1. The number of hydrogen-bond donors (Lipinski definition) is 2. The lowest BCUT2D eigenvalue weighted by atomic mass is 9.96. The van der Waals surface area contributed by atoms with Gasteiger partial charge in [0.15, 0.2) is 0 Å². The second-order valence-electron chi connectivity index (χ2n) is 4.06. The van der Waals surface area contributed by atoms with Gasteiger partial charge in [-0.15, -0.1) is 0 Å². The standard InChI is InChI=1S/C12H13N3O/c13-12-5-11(14-15-12)9-3-1-8(2-4-9)10-6-16-7-10/h1-5,10H,6-7H2,(H3,13,14,15). The summed E-state index contributed by atoms with van der Waals surface area (Å²) in [5, 5.41) is 6.81. The van der Waals surface area contributed by atoms with E-state index in [1.165, 1.54) is 5.56 Å². The quantitative estimate of drug-likeness (QED) is 0.802. The third kappa shape index (κ3) is 1.57. The highest BCUT2D eigenvalue weighted by atomic mass is 16.5. The highest BCUT2D eigenvalue weighted by molar-refractivity contribution is 5.62. The first-order valence-corrected chi connectivity index (χ1v) is 5.32. The van der Waals surface area contributed by atoms with Crippen LogP contribution in [0.2, 0.25) is 0 Å². The molecular weight excluding hydrogens is 202 g/mol. The molecule has 82 valence electrons. The molecule has 0 spiro atoms. The van der Waals surface area contributed by atoms with Crippen LogP contribution in [0.3, 0.4) is 0 Å². The summed E-state index contributed by atoms with van der Waals surface area (Å²) < 4.78 is 5.17. The highest BCUT2D eigenvalue weighted by Crippen LogP contribution is 2.26. The van der Waals surface area contributed by atoms with Crippen molar-refractivity contribution in [1.29, 1.82) is 0 Å². The highest BCUT2D eigenvalue weighted by Gasteiger charge is 2.20. The maximum atomic E-state index is 5.57. The largest absolute Gasteiger partial charge is 0.382 e. The van der Waals surface area contributed by atoms with Crippen molar-refractivity contribution < 1.29 is 4.74 Å². The molecular formula is C12H13N3O. The van der Waals surface area contributed by atoms with Crippen molar-refractivity contribution in [2.24, 2.45) is 0 Å². The number of hydrogen-bond acceptors (Lipinski definition) is 3. The number of anilines is 1. The SMILES string of the molecule is Nc1cc(-c2ccc(C3COC3)cc2)[nH]n1. The van der Waals surface area contributed by atoms with E-state index >= 15 is 0 Å². The third-order valence-corrected chi connectivity index (χ3v) is 2.93. The van der Waals surface area contributed by atoms with Gasteiger partial charge in [0.1, 0.15) is 5.82 Å². The maximum absolute atomic E-state index is 5.57. The summed E-state index contributed by atoms with van der Waals surface area (Å²) in [7, 11) is 0. The van der Waals surface area contributed by atoms with E-state index in [1.54, 1.807) is 0 Å². The summed E-state index contributed by atoms with van der Waals surface area (Å²) in [6, 6.07) is 10.3. The van der Waals surface area contributed by atoms with Gasteiger partial charge in [-0.05, 0) is 11.1 Å². The van der Waals surface area contributed by atoms with Gasteiger partial charge in [-0.1, -0.05) is 24.3 Å². The van der Waals surface area contributed by atoms with E-state index in [9.17, 15) is 0 Å². The Balaban J connectivity index is 1.86. The number of ether oxygens (including phenoxy) is 1. The van der Waals surface area contributed by atoms with Gasteiger partial charge >= 0.3 is 0 Å². The summed E-state index contributed by atoms with van der Waals surface area (Å²) in [6.07, 6.45) is 0. The first kappa shape index (κ1) is 9.42. The zero-order valence-electron chi connectivity index (χ0n) is 8.81. The van der Waals surface area contributed by atoms with E-state index in [1.807, 2.05) is 6.07 Å². The molecule has 1 aromatic carbocycles. The third-order valence-electron chi connectivity index (χ3n) is 2.93. The zero-order valence-corrected chi connectivity index (χ0v) is 8.81. The van der Waals surface area contributed by atoms with Crippen LogP contribution >= 0.6 is 0 Å². The van der Waals surface area contributed by atoms with E-state index < -0.39 is 0 Å². The molecule has 16 heavy (non-hydrogen) atoms. The molecule has 2 aromatic rings. The van der Waals surface area contributed by atoms with Gasteiger partial charge in [-0.3, -0.25) is 5.10 Å². The minimum atomic E-state index is 0.520. The van der Waals surface area contributed by atoms with Crippen LogP contribution in [0, 0.1) is 0 Å². The van der Waals surface area contributed by atoms with Crippen molar-refractivity contribution in [1.82, 2.24) is 10.2 Å². The van der Waals surface area contributed by atoms with Crippen molar-refractivity contribution in [3.8, 4) is 11.3 Å². The van der Waals surface area contributed by atoms with Gasteiger partial charge in [0.2, 0.25) is 0 Å². The molecule has 1 fully saturated rings. The van der Waals surface area contributed by atoms with E-state index in [4.69, 9.17) is 10.5 Å². The van der Waals surface area contributed by atoms with Gasteiger partial charge in [-0.2, -0.15) is 5.10 Å². The topological polar surface area (TPSA) is 63.9 Å². The molecule has 1 aliphatic rings. The lowest BCUT2D eigenvalue weighted by Gasteiger charge is -2.26.